The number of aromatic amines is 1. The molecule has 0 atom stereocenters. The van der Waals surface area contributed by atoms with Crippen molar-refractivity contribution in [2.24, 2.45) is 0 Å². The molecule has 3 N–H and O–H groups in total. The van der Waals surface area contributed by atoms with E-state index in [9.17, 15) is 4.79 Å². The third kappa shape index (κ3) is 3.79. The number of fused-ring (bicyclic) bond motifs is 1. The Kier molecular flexibility index (Phi) is 4.44. The van der Waals surface area contributed by atoms with Crippen LogP contribution in [0, 0.1) is 6.92 Å². The van der Waals surface area contributed by atoms with Gasteiger partial charge in [-0.05, 0) is 62.4 Å². The Hall–Kier alpha value is -2.89. The van der Waals surface area contributed by atoms with E-state index < -0.39 is 0 Å². The quantitative estimate of drug-likeness (QED) is 0.656. The third-order valence-electron chi connectivity index (χ3n) is 4.27. The van der Waals surface area contributed by atoms with E-state index in [4.69, 9.17) is 0 Å². The largest absolute Gasteiger partial charge is 0.364 e. The second-order valence-electron chi connectivity index (χ2n) is 6.83. The Morgan fingerprint density at radius 3 is 2.72 bits per heavy atom. The molecule has 3 rings (SSSR count). The molecule has 0 spiro atoms. The van der Waals surface area contributed by atoms with Crippen molar-refractivity contribution < 1.29 is 0 Å². The zero-order valence-corrected chi connectivity index (χ0v) is 15.0. The summed E-state index contributed by atoms with van der Waals surface area (Å²) in [6, 6.07) is 7.62. The van der Waals surface area contributed by atoms with Gasteiger partial charge in [0.15, 0.2) is 0 Å². The van der Waals surface area contributed by atoms with Crippen molar-refractivity contribution in [2.45, 2.75) is 39.7 Å². The monoisotopic (exact) mass is 337 g/mol. The number of hydrogen-bond donors (Lipinski definition) is 3. The molecule has 3 aromatic rings. The summed E-state index contributed by atoms with van der Waals surface area (Å²) in [6.07, 6.45) is 4.30. The predicted molar refractivity (Wildman–Crippen MR) is 103 cm³/mol. The predicted octanol–water partition coefficient (Wildman–Crippen LogP) is 3.97. The number of hydrogen-bond acceptors (Lipinski definition) is 5. The Bertz CT molecular complexity index is 961. The minimum absolute atomic E-state index is 0.153. The Balaban J connectivity index is 2.10. The second kappa shape index (κ2) is 6.55. The summed E-state index contributed by atoms with van der Waals surface area (Å²) >= 11 is 0. The lowest BCUT2D eigenvalue weighted by atomic mass is 10.0. The molecule has 0 bridgehead atoms. The molecule has 0 aromatic carbocycles. The van der Waals surface area contributed by atoms with E-state index in [0.29, 0.717) is 17.0 Å². The number of anilines is 3. The molecule has 0 radical (unpaired) electrons. The first-order chi connectivity index (χ1) is 11.9. The van der Waals surface area contributed by atoms with Gasteiger partial charge in [-0.15, -0.1) is 0 Å². The molecule has 130 valence electrons. The first kappa shape index (κ1) is 17.0. The summed E-state index contributed by atoms with van der Waals surface area (Å²) in [5.74, 6) is 1.93. The molecule has 3 aromatic heterocycles. The van der Waals surface area contributed by atoms with E-state index in [1.807, 2.05) is 31.2 Å². The van der Waals surface area contributed by atoms with Gasteiger partial charge in [0.25, 0.3) is 5.56 Å². The smallest absolute Gasteiger partial charge is 0.259 e. The fraction of sp³-hybridized carbons (Fsp3) is 0.316. The zero-order chi connectivity index (χ0) is 18.0. The van der Waals surface area contributed by atoms with E-state index >= 15 is 0 Å². The SMILES string of the molecule is CCC(C)(C)Nc1nc(Nc2cc(C)ccn2)cc2cc[nH]c(=O)c12. The van der Waals surface area contributed by atoms with Crippen LogP contribution in [-0.4, -0.2) is 20.5 Å². The van der Waals surface area contributed by atoms with Crippen molar-refractivity contribution in [1.29, 1.82) is 0 Å². The van der Waals surface area contributed by atoms with E-state index in [-0.39, 0.29) is 11.1 Å². The number of aryl methyl sites for hydroxylation is 1. The van der Waals surface area contributed by atoms with Crippen molar-refractivity contribution in [3.63, 3.8) is 0 Å². The van der Waals surface area contributed by atoms with Crippen LogP contribution in [0.25, 0.3) is 10.8 Å². The summed E-state index contributed by atoms with van der Waals surface area (Å²) in [5.41, 5.74) is 0.780. The van der Waals surface area contributed by atoms with Crippen molar-refractivity contribution >= 4 is 28.2 Å². The van der Waals surface area contributed by atoms with Gasteiger partial charge in [0, 0.05) is 17.9 Å². The van der Waals surface area contributed by atoms with E-state index in [1.165, 1.54) is 0 Å². The summed E-state index contributed by atoms with van der Waals surface area (Å²) in [5, 5.41) is 8.01. The molecule has 0 amide bonds. The van der Waals surface area contributed by atoms with Crippen molar-refractivity contribution in [1.82, 2.24) is 15.0 Å². The fourth-order valence-electron chi connectivity index (χ4n) is 2.51. The van der Waals surface area contributed by atoms with Crippen molar-refractivity contribution in [2.75, 3.05) is 10.6 Å². The van der Waals surface area contributed by atoms with Gasteiger partial charge < -0.3 is 15.6 Å². The molecule has 0 saturated heterocycles. The van der Waals surface area contributed by atoms with E-state index in [1.54, 1.807) is 12.4 Å². The van der Waals surface area contributed by atoms with Crippen LogP contribution >= 0.6 is 0 Å². The van der Waals surface area contributed by atoms with Crippen LogP contribution in [0.3, 0.4) is 0 Å². The van der Waals surface area contributed by atoms with E-state index in [0.717, 1.165) is 23.2 Å². The topological polar surface area (TPSA) is 82.7 Å². The molecule has 6 nitrogen and oxygen atoms in total. The summed E-state index contributed by atoms with van der Waals surface area (Å²) in [7, 11) is 0. The van der Waals surface area contributed by atoms with Crippen LogP contribution in [0.1, 0.15) is 32.8 Å². The van der Waals surface area contributed by atoms with Gasteiger partial charge in [0.05, 0.1) is 5.39 Å². The van der Waals surface area contributed by atoms with Gasteiger partial charge in [-0.2, -0.15) is 0 Å². The summed E-state index contributed by atoms with van der Waals surface area (Å²) in [6.45, 7) is 8.27. The number of H-pyrrole nitrogens is 1. The Labute approximate surface area is 146 Å². The lowest BCUT2D eigenvalue weighted by molar-refractivity contribution is 0.546. The van der Waals surface area contributed by atoms with Gasteiger partial charge >= 0.3 is 0 Å². The zero-order valence-electron chi connectivity index (χ0n) is 15.0. The highest BCUT2D eigenvalue weighted by Crippen LogP contribution is 2.26. The number of pyridine rings is 3. The van der Waals surface area contributed by atoms with Crippen LogP contribution in [0.4, 0.5) is 17.5 Å². The van der Waals surface area contributed by atoms with Gasteiger partial charge in [-0.25, -0.2) is 9.97 Å². The van der Waals surface area contributed by atoms with Gasteiger partial charge in [-0.3, -0.25) is 4.79 Å². The average Bonchev–Trinajstić information content (AvgIpc) is 2.54. The molecule has 3 heterocycles. The molecule has 0 aliphatic heterocycles. The van der Waals surface area contributed by atoms with Crippen LogP contribution < -0.4 is 16.2 Å². The van der Waals surface area contributed by atoms with Gasteiger partial charge in [0.1, 0.15) is 17.5 Å². The maximum atomic E-state index is 12.3. The highest BCUT2D eigenvalue weighted by atomic mass is 16.1. The fourth-order valence-corrected chi connectivity index (χ4v) is 2.51. The van der Waals surface area contributed by atoms with Gasteiger partial charge in [0.2, 0.25) is 0 Å². The maximum Gasteiger partial charge on any atom is 0.259 e. The Morgan fingerprint density at radius 1 is 1.20 bits per heavy atom. The number of nitrogens with one attached hydrogen (secondary N) is 3. The third-order valence-corrected chi connectivity index (χ3v) is 4.27. The van der Waals surface area contributed by atoms with Gasteiger partial charge in [-0.1, -0.05) is 6.92 Å². The standard InChI is InChI=1S/C19H23N5O/c1-5-19(3,4)24-17-16-13(7-9-21-18(16)25)11-15(23-17)22-14-10-12(2)6-8-20-14/h6-11H,5H2,1-4H3,(H,21,25)(H2,20,22,23,24). The average molecular weight is 337 g/mol. The molecule has 25 heavy (non-hydrogen) atoms. The minimum atomic E-state index is -0.178. The molecule has 0 aliphatic rings. The van der Waals surface area contributed by atoms with E-state index in [2.05, 4.69) is 46.4 Å². The Morgan fingerprint density at radius 2 is 2.00 bits per heavy atom. The molecule has 6 heteroatoms. The molecule has 0 saturated carbocycles. The molecule has 0 fully saturated rings. The first-order valence-electron chi connectivity index (χ1n) is 8.38. The summed E-state index contributed by atoms with van der Waals surface area (Å²) < 4.78 is 0. The van der Waals surface area contributed by atoms with Crippen LogP contribution in [0.2, 0.25) is 0 Å². The highest BCUT2D eigenvalue weighted by Gasteiger charge is 2.19. The van der Waals surface area contributed by atoms with Crippen LogP contribution in [0.15, 0.2) is 41.5 Å². The van der Waals surface area contributed by atoms with Crippen LogP contribution in [-0.2, 0) is 0 Å². The molecule has 0 aliphatic carbocycles. The molecular formula is C19H23N5O. The first-order valence-corrected chi connectivity index (χ1v) is 8.38. The number of nitrogens with zero attached hydrogens (tertiary/aromatic N) is 2. The number of aromatic nitrogens is 3. The second-order valence-corrected chi connectivity index (χ2v) is 6.83. The summed E-state index contributed by atoms with van der Waals surface area (Å²) in [4.78, 5) is 24.0. The van der Waals surface area contributed by atoms with Crippen molar-refractivity contribution in [3.8, 4) is 0 Å². The molecule has 0 unspecified atom stereocenters. The highest BCUT2D eigenvalue weighted by molar-refractivity contribution is 5.93. The minimum Gasteiger partial charge on any atom is -0.364 e. The maximum absolute atomic E-state index is 12.3. The van der Waals surface area contributed by atoms with Crippen LogP contribution in [0.5, 0.6) is 0 Å². The lowest BCUT2D eigenvalue weighted by Gasteiger charge is -2.26. The normalized spacial score (nSPS) is 11.5. The van der Waals surface area contributed by atoms with Crippen molar-refractivity contribution in [3.05, 3.63) is 52.6 Å². The number of rotatable bonds is 5. The lowest BCUT2D eigenvalue weighted by Crippen LogP contribution is -2.31. The molecular weight excluding hydrogens is 314 g/mol.